The van der Waals surface area contributed by atoms with Gasteiger partial charge in [-0.1, -0.05) is 0 Å². The summed E-state index contributed by atoms with van der Waals surface area (Å²) in [6.45, 7) is 4.43. The van der Waals surface area contributed by atoms with Crippen molar-refractivity contribution in [2.24, 2.45) is 5.41 Å². The average Bonchev–Trinajstić information content (AvgIpc) is 2.68. The number of hydrogen-bond donors (Lipinski definition) is 3. The van der Waals surface area contributed by atoms with Gasteiger partial charge in [0.1, 0.15) is 0 Å². The van der Waals surface area contributed by atoms with E-state index in [-0.39, 0.29) is 0 Å². The molecule has 0 amide bonds. The summed E-state index contributed by atoms with van der Waals surface area (Å²) in [6.07, 6.45) is 3.93. The number of carboxylic acid groups (broad SMARTS) is 2. The minimum absolute atomic E-state index is 0.637. The maximum atomic E-state index is 9.10. The van der Waals surface area contributed by atoms with Crippen molar-refractivity contribution in [3.05, 3.63) is 0 Å². The number of aliphatic carboxylic acids is 2. The molecular formula is C10H17NO5. The van der Waals surface area contributed by atoms with Crippen LogP contribution >= 0.6 is 0 Å². The summed E-state index contributed by atoms with van der Waals surface area (Å²) in [7, 11) is 0. The highest BCUT2D eigenvalue weighted by Crippen LogP contribution is 2.35. The molecule has 2 fully saturated rings. The van der Waals surface area contributed by atoms with E-state index in [0.717, 1.165) is 13.2 Å². The fourth-order valence-electron chi connectivity index (χ4n) is 2.03. The Bertz CT molecular complexity index is 240. The summed E-state index contributed by atoms with van der Waals surface area (Å²) in [5.74, 6) is -3.65. The topological polar surface area (TPSA) is 95.9 Å². The molecule has 6 nitrogen and oxygen atoms in total. The predicted molar refractivity (Wildman–Crippen MR) is 55.2 cm³/mol. The van der Waals surface area contributed by atoms with Crippen LogP contribution in [-0.2, 0) is 14.3 Å². The molecule has 3 N–H and O–H groups in total. The number of carbonyl (C=O) groups is 2. The van der Waals surface area contributed by atoms with Crippen LogP contribution in [0.5, 0.6) is 0 Å². The Labute approximate surface area is 93.6 Å². The Morgan fingerprint density at radius 2 is 1.62 bits per heavy atom. The largest absolute Gasteiger partial charge is 0.473 e. The molecule has 0 unspecified atom stereocenters. The van der Waals surface area contributed by atoms with Crippen molar-refractivity contribution in [3.63, 3.8) is 0 Å². The third-order valence-corrected chi connectivity index (χ3v) is 3.07. The molecule has 92 valence electrons. The van der Waals surface area contributed by atoms with E-state index < -0.39 is 11.9 Å². The second-order valence-electron chi connectivity index (χ2n) is 4.15. The standard InChI is InChI=1S/C8H15NO.C2H2O4/c1-4-9-7-8(1)2-5-10-6-3-8;3-1(4)2(5)6/h9H,1-7H2;(H,3,4)(H,5,6). The van der Waals surface area contributed by atoms with Gasteiger partial charge in [-0.15, -0.1) is 0 Å². The van der Waals surface area contributed by atoms with Gasteiger partial charge in [0.2, 0.25) is 0 Å². The normalized spacial score (nSPS) is 22.2. The van der Waals surface area contributed by atoms with E-state index in [9.17, 15) is 0 Å². The summed E-state index contributed by atoms with van der Waals surface area (Å²) in [5.41, 5.74) is 0.637. The minimum atomic E-state index is -1.82. The Balaban J connectivity index is 0.000000187. The number of nitrogens with one attached hydrogen (secondary N) is 1. The molecule has 0 bridgehead atoms. The number of rotatable bonds is 0. The average molecular weight is 231 g/mol. The van der Waals surface area contributed by atoms with Crippen LogP contribution in [-0.4, -0.2) is 48.5 Å². The van der Waals surface area contributed by atoms with Crippen LogP contribution < -0.4 is 5.32 Å². The summed E-state index contributed by atoms with van der Waals surface area (Å²) in [5, 5.41) is 18.2. The van der Waals surface area contributed by atoms with Crippen molar-refractivity contribution in [2.45, 2.75) is 19.3 Å². The van der Waals surface area contributed by atoms with E-state index >= 15 is 0 Å². The van der Waals surface area contributed by atoms with Crippen LogP contribution in [0.1, 0.15) is 19.3 Å². The second-order valence-corrected chi connectivity index (χ2v) is 4.15. The van der Waals surface area contributed by atoms with Gasteiger partial charge in [0, 0.05) is 19.8 Å². The van der Waals surface area contributed by atoms with E-state index in [1.165, 1.54) is 32.4 Å². The van der Waals surface area contributed by atoms with Crippen LogP contribution in [0.25, 0.3) is 0 Å². The molecule has 16 heavy (non-hydrogen) atoms. The van der Waals surface area contributed by atoms with Gasteiger partial charge in [-0.25, -0.2) is 9.59 Å². The van der Waals surface area contributed by atoms with Crippen LogP contribution in [0.3, 0.4) is 0 Å². The summed E-state index contributed by atoms with van der Waals surface area (Å²) in [4.78, 5) is 18.2. The Morgan fingerprint density at radius 1 is 1.06 bits per heavy atom. The molecule has 0 radical (unpaired) electrons. The molecule has 2 rings (SSSR count). The van der Waals surface area contributed by atoms with Crippen LogP contribution in [0.2, 0.25) is 0 Å². The molecule has 2 heterocycles. The van der Waals surface area contributed by atoms with Crippen molar-refractivity contribution >= 4 is 11.9 Å². The highest BCUT2D eigenvalue weighted by atomic mass is 16.5. The van der Waals surface area contributed by atoms with E-state index in [2.05, 4.69) is 5.32 Å². The first-order chi connectivity index (χ1) is 7.56. The van der Waals surface area contributed by atoms with Gasteiger partial charge in [-0.2, -0.15) is 0 Å². The maximum Gasteiger partial charge on any atom is 0.414 e. The molecule has 0 aromatic carbocycles. The molecule has 0 atom stereocenters. The number of hydrogen-bond acceptors (Lipinski definition) is 4. The molecule has 0 aromatic heterocycles. The monoisotopic (exact) mass is 231 g/mol. The lowest BCUT2D eigenvalue weighted by molar-refractivity contribution is -0.159. The molecule has 0 aliphatic carbocycles. The van der Waals surface area contributed by atoms with Crippen LogP contribution in [0, 0.1) is 5.41 Å². The van der Waals surface area contributed by atoms with Gasteiger partial charge < -0.3 is 20.3 Å². The molecule has 0 saturated carbocycles. The Morgan fingerprint density at radius 3 is 2.00 bits per heavy atom. The van der Waals surface area contributed by atoms with Gasteiger partial charge in [-0.05, 0) is 31.2 Å². The number of carboxylic acids is 2. The van der Waals surface area contributed by atoms with Gasteiger partial charge in [0.25, 0.3) is 0 Å². The molecule has 6 heteroatoms. The van der Waals surface area contributed by atoms with Crippen molar-refractivity contribution < 1.29 is 24.5 Å². The van der Waals surface area contributed by atoms with Crippen LogP contribution in [0.15, 0.2) is 0 Å². The molecule has 0 aromatic rings. The Kier molecular flexibility index (Phi) is 4.70. The van der Waals surface area contributed by atoms with Crippen molar-refractivity contribution in [2.75, 3.05) is 26.3 Å². The van der Waals surface area contributed by atoms with Crippen molar-refractivity contribution in [1.29, 1.82) is 0 Å². The third kappa shape index (κ3) is 3.79. The summed E-state index contributed by atoms with van der Waals surface area (Å²) < 4.78 is 5.33. The molecule has 2 saturated heterocycles. The lowest BCUT2D eigenvalue weighted by Gasteiger charge is -2.32. The molecule has 2 aliphatic heterocycles. The highest BCUT2D eigenvalue weighted by Gasteiger charge is 2.34. The lowest BCUT2D eigenvalue weighted by Crippen LogP contribution is -2.31. The smallest absolute Gasteiger partial charge is 0.414 e. The molecule has 1 spiro atoms. The first-order valence-electron chi connectivity index (χ1n) is 5.30. The van der Waals surface area contributed by atoms with E-state index in [1.807, 2.05) is 0 Å². The van der Waals surface area contributed by atoms with Crippen LogP contribution in [0.4, 0.5) is 0 Å². The van der Waals surface area contributed by atoms with E-state index in [1.54, 1.807) is 0 Å². The van der Waals surface area contributed by atoms with Gasteiger partial charge in [-0.3, -0.25) is 0 Å². The first kappa shape index (κ1) is 12.9. The zero-order valence-corrected chi connectivity index (χ0v) is 9.07. The molecule has 2 aliphatic rings. The first-order valence-corrected chi connectivity index (χ1v) is 5.30. The van der Waals surface area contributed by atoms with Crippen molar-refractivity contribution in [3.8, 4) is 0 Å². The predicted octanol–water partition coefficient (Wildman–Crippen LogP) is -0.0679. The zero-order valence-electron chi connectivity index (χ0n) is 9.07. The molecular weight excluding hydrogens is 214 g/mol. The van der Waals surface area contributed by atoms with Gasteiger partial charge in [0.15, 0.2) is 0 Å². The quantitative estimate of drug-likeness (QED) is 0.505. The minimum Gasteiger partial charge on any atom is -0.473 e. The Hall–Kier alpha value is -1.14. The van der Waals surface area contributed by atoms with E-state index in [4.69, 9.17) is 24.5 Å². The van der Waals surface area contributed by atoms with Crippen molar-refractivity contribution in [1.82, 2.24) is 5.32 Å². The summed E-state index contributed by atoms with van der Waals surface area (Å²) in [6, 6.07) is 0. The lowest BCUT2D eigenvalue weighted by atomic mass is 9.80. The zero-order chi connectivity index (χ0) is 12.0. The van der Waals surface area contributed by atoms with Gasteiger partial charge in [0.05, 0.1) is 0 Å². The highest BCUT2D eigenvalue weighted by molar-refractivity contribution is 6.27. The van der Waals surface area contributed by atoms with E-state index in [0.29, 0.717) is 5.41 Å². The van der Waals surface area contributed by atoms with Gasteiger partial charge >= 0.3 is 11.9 Å². The SMILES string of the molecule is C1CC2(CCOCC2)CN1.O=C(O)C(=O)O. The fraction of sp³-hybridized carbons (Fsp3) is 0.800. The second kappa shape index (κ2) is 5.81. The fourth-order valence-corrected chi connectivity index (χ4v) is 2.03. The number of ether oxygens (including phenoxy) is 1. The maximum absolute atomic E-state index is 9.10. The third-order valence-electron chi connectivity index (χ3n) is 3.07. The summed E-state index contributed by atoms with van der Waals surface area (Å²) >= 11 is 0.